The standard InChI is InChI=1S/C10H16ClNO3S/c1-8-3-2-5-10(6-4-8)7-9(13)12(10)16(11,14)15/h8H,2-7H2,1H3. The molecule has 1 spiro atoms. The van der Waals surface area contributed by atoms with Gasteiger partial charge in [0.15, 0.2) is 0 Å². The molecule has 16 heavy (non-hydrogen) atoms. The lowest BCUT2D eigenvalue weighted by molar-refractivity contribution is -0.146. The van der Waals surface area contributed by atoms with Gasteiger partial charge in [-0.3, -0.25) is 4.79 Å². The van der Waals surface area contributed by atoms with E-state index in [9.17, 15) is 13.2 Å². The molecule has 0 aromatic heterocycles. The van der Waals surface area contributed by atoms with Gasteiger partial charge in [-0.25, -0.2) is 4.31 Å². The number of carbonyl (C=O) groups is 1. The number of rotatable bonds is 1. The molecule has 1 aliphatic carbocycles. The number of carbonyl (C=O) groups excluding carboxylic acids is 1. The number of β-lactam (4-membered cyclic amide) rings is 1. The Morgan fingerprint density at radius 3 is 2.62 bits per heavy atom. The first-order valence-corrected chi connectivity index (χ1v) is 7.90. The molecule has 2 atom stereocenters. The average Bonchev–Trinajstić information content (AvgIpc) is 2.26. The van der Waals surface area contributed by atoms with Gasteiger partial charge in [-0.2, -0.15) is 8.42 Å². The van der Waals surface area contributed by atoms with Gasteiger partial charge in [0.05, 0.1) is 12.0 Å². The molecule has 1 amide bonds. The van der Waals surface area contributed by atoms with Crippen molar-refractivity contribution in [1.82, 2.24) is 4.31 Å². The second-order valence-corrected chi connectivity index (χ2v) is 7.40. The second-order valence-electron chi connectivity index (χ2n) is 5.04. The van der Waals surface area contributed by atoms with Crippen molar-refractivity contribution in [2.24, 2.45) is 5.92 Å². The van der Waals surface area contributed by atoms with E-state index in [0.29, 0.717) is 12.3 Å². The van der Waals surface area contributed by atoms with E-state index >= 15 is 0 Å². The predicted molar refractivity (Wildman–Crippen MR) is 61.2 cm³/mol. The van der Waals surface area contributed by atoms with Gasteiger partial charge in [-0.05, 0) is 25.2 Å². The summed E-state index contributed by atoms with van der Waals surface area (Å²) in [7, 11) is 1.42. The summed E-state index contributed by atoms with van der Waals surface area (Å²) < 4.78 is 23.6. The Hall–Kier alpha value is -0.290. The molecule has 2 rings (SSSR count). The van der Waals surface area contributed by atoms with E-state index in [-0.39, 0.29) is 5.91 Å². The first kappa shape index (κ1) is 12.2. The van der Waals surface area contributed by atoms with Crippen LogP contribution in [0.3, 0.4) is 0 Å². The van der Waals surface area contributed by atoms with E-state index in [4.69, 9.17) is 10.7 Å². The second kappa shape index (κ2) is 3.88. The van der Waals surface area contributed by atoms with Crippen LogP contribution in [-0.2, 0) is 14.0 Å². The highest BCUT2D eigenvalue weighted by Crippen LogP contribution is 2.46. The fourth-order valence-corrected chi connectivity index (χ4v) is 4.58. The van der Waals surface area contributed by atoms with Crippen LogP contribution >= 0.6 is 10.7 Å². The molecule has 0 aromatic carbocycles. The van der Waals surface area contributed by atoms with E-state index in [1.807, 2.05) is 0 Å². The molecule has 92 valence electrons. The Kier molecular flexibility index (Phi) is 2.95. The van der Waals surface area contributed by atoms with Gasteiger partial charge in [-0.15, -0.1) is 0 Å². The fraction of sp³-hybridized carbons (Fsp3) is 0.900. The third-order valence-corrected chi connectivity index (χ3v) is 5.24. The summed E-state index contributed by atoms with van der Waals surface area (Å²) in [6.45, 7) is 2.17. The first-order valence-electron chi connectivity index (χ1n) is 5.63. The van der Waals surface area contributed by atoms with Crippen LogP contribution in [0.2, 0.25) is 0 Å². The smallest absolute Gasteiger partial charge is 0.274 e. The van der Waals surface area contributed by atoms with Crippen LogP contribution in [0, 0.1) is 5.92 Å². The van der Waals surface area contributed by atoms with Crippen molar-refractivity contribution in [1.29, 1.82) is 0 Å². The fourth-order valence-electron chi connectivity index (χ4n) is 2.90. The summed E-state index contributed by atoms with van der Waals surface area (Å²) in [5, 5.41) is 0. The zero-order valence-electron chi connectivity index (χ0n) is 9.28. The van der Waals surface area contributed by atoms with E-state index < -0.39 is 14.8 Å². The normalized spacial score (nSPS) is 36.0. The van der Waals surface area contributed by atoms with Crippen LogP contribution in [0.1, 0.15) is 45.4 Å². The number of hydrogen-bond acceptors (Lipinski definition) is 3. The molecule has 1 heterocycles. The van der Waals surface area contributed by atoms with E-state index in [2.05, 4.69) is 6.92 Å². The summed E-state index contributed by atoms with van der Waals surface area (Å²) in [6.07, 6.45) is 4.90. The lowest BCUT2D eigenvalue weighted by atomic mass is 9.80. The lowest BCUT2D eigenvalue weighted by Gasteiger charge is -2.49. The zero-order valence-corrected chi connectivity index (χ0v) is 10.9. The van der Waals surface area contributed by atoms with Crippen LogP contribution in [0.15, 0.2) is 0 Å². The number of halogens is 1. The zero-order chi connectivity index (χ0) is 12.0. The van der Waals surface area contributed by atoms with Crippen molar-refractivity contribution in [2.75, 3.05) is 0 Å². The molecule has 2 fully saturated rings. The molecular formula is C10H16ClNO3S. The SMILES string of the molecule is CC1CCCC2(CC1)CC(=O)N2S(=O)(=O)Cl. The molecule has 0 bridgehead atoms. The van der Waals surface area contributed by atoms with E-state index in [0.717, 1.165) is 36.4 Å². The summed E-state index contributed by atoms with van der Waals surface area (Å²) in [5.41, 5.74) is -0.498. The quantitative estimate of drug-likeness (QED) is 0.539. The minimum atomic E-state index is -3.90. The monoisotopic (exact) mass is 265 g/mol. The molecule has 1 aliphatic heterocycles. The summed E-state index contributed by atoms with van der Waals surface area (Å²) in [5.74, 6) is 0.250. The summed E-state index contributed by atoms with van der Waals surface area (Å²) >= 11 is 0. The largest absolute Gasteiger partial charge is 0.324 e. The van der Waals surface area contributed by atoms with Gasteiger partial charge in [-0.1, -0.05) is 19.8 Å². The molecule has 4 nitrogen and oxygen atoms in total. The van der Waals surface area contributed by atoms with Crippen molar-refractivity contribution >= 4 is 25.8 Å². The first-order chi connectivity index (χ1) is 7.35. The lowest BCUT2D eigenvalue weighted by Crippen LogP contribution is -2.64. The van der Waals surface area contributed by atoms with E-state index in [1.165, 1.54) is 0 Å². The van der Waals surface area contributed by atoms with Gasteiger partial charge in [0.25, 0.3) is 0 Å². The maximum absolute atomic E-state index is 11.4. The number of amides is 1. The Labute approximate surface area is 101 Å². The highest BCUT2D eigenvalue weighted by atomic mass is 35.7. The molecule has 1 saturated heterocycles. The minimum absolute atomic E-state index is 0.339. The maximum atomic E-state index is 11.4. The summed E-state index contributed by atoms with van der Waals surface area (Å²) in [4.78, 5) is 11.4. The van der Waals surface area contributed by atoms with Gasteiger partial charge in [0.1, 0.15) is 0 Å². The number of nitrogens with zero attached hydrogens (tertiary/aromatic N) is 1. The molecule has 0 radical (unpaired) electrons. The number of hydrogen-bond donors (Lipinski definition) is 0. The van der Waals surface area contributed by atoms with E-state index in [1.54, 1.807) is 0 Å². The van der Waals surface area contributed by atoms with Crippen LogP contribution in [-0.4, -0.2) is 24.2 Å². The molecule has 6 heteroatoms. The average molecular weight is 266 g/mol. The molecule has 0 aromatic rings. The van der Waals surface area contributed by atoms with Crippen LogP contribution in [0.25, 0.3) is 0 Å². The van der Waals surface area contributed by atoms with Crippen molar-refractivity contribution in [3.05, 3.63) is 0 Å². The van der Waals surface area contributed by atoms with Crippen molar-refractivity contribution in [3.63, 3.8) is 0 Å². The van der Waals surface area contributed by atoms with Crippen molar-refractivity contribution in [3.8, 4) is 0 Å². The van der Waals surface area contributed by atoms with Crippen LogP contribution in [0.5, 0.6) is 0 Å². The van der Waals surface area contributed by atoms with Crippen LogP contribution in [0.4, 0.5) is 0 Å². The highest BCUT2D eigenvalue weighted by Gasteiger charge is 2.56. The molecule has 2 aliphatic rings. The highest BCUT2D eigenvalue weighted by molar-refractivity contribution is 8.12. The van der Waals surface area contributed by atoms with Gasteiger partial charge < -0.3 is 0 Å². The topological polar surface area (TPSA) is 54.5 Å². The van der Waals surface area contributed by atoms with Crippen molar-refractivity contribution in [2.45, 2.75) is 51.0 Å². The van der Waals surface area contributed by atoms with Gasteiger partial charge in [0.2, 0.25) is 5.91 Å². The van der Waals surface area contributed by atoms with Gasteiger partial charge >= 0.3 is 9.24 Å². The third-order valence-electron chi connectivity index (χ3n) is 3.80. The Balaban J connectivity index is 2.23. The Bertz CT molecular complexity index is 408. The summed E-state index contributed by atoms with van der Waals surface area (Å²) in [6, 6.07) is 0. The molecule has 0 N–H and O–H groups in total. The molecule has 1 saturated carbocycles. The maximum Gasteiger partial charge on any atom is 0.324 e. The third kappa shape index (κ3) is 1.95. The van der Waals surface area contributed by atoms with Crippen molar-refractivity contribution < 1.29 is 13.2 Å². The predicted octanol–water partition coefficient (Wildman–Crippen LogP) is 2.04. The van der Waals surface area contributed by atoms with Crippen LogP contribution < -0.4 is 0 Å². The Morgan fingerprint density at radius 1 is 1.38 bits per heavy atom. The molecular weight excluding hydrogens is 250 g/mol. The Morgan fingerprint density at radius 2 is 2.06 bits per heavy atom. The van der Waals surface area contributed by atoms with Gasteiger partial charge in [0, 0.05) is 10.7 Å². The molecule has 2 unspecified atom stereocenters. The minimum Gasteiger partial charge on any atom is -0.274 e.